The summed E-state index contributed by atoms with van der Waals surface area (Å²) in [4.78, 5) is 13.6. The standard InChI is InChI=1S/C11H22N2O2/c1-9-3-5-13(6-4-9)8-11(15)12-7-10(2)14/h9-10,14H,3-8H2,1-2H3,(H,12,15). The van der Waals surface area contributed by atoms with Gasteiger partial charge in [0.1, 0.15) is 0 Å². The van der Waals surface area contributed by atoms with Gasteiger partial charge in [0.25, 0.3) is 0 Å². The van der Waals surface area contributed by atoms with Crippen LogP contribution in [0.25, 0.3) is 0 Å². The lowest BCUT2D eigenvalue weighted by molar-refractivity contribution is -0.123. The Labute approximate surface area is 91.6 Å². The molecule has 0 radical (unpaired) electrons. The summed E-state index contributed by atoms with van der Waals surface area (Å²) in [6, 6.07) is 0. The summed E-state index contributed by atoms with van der Waals surface area (Å²) in [6.45, 7) is 6.78. The number of carbonyl (C=O) groups excluding carboxylic acids is 1. The van der Waals surface area contributed by atoms with E-state index in [2.05, 4.69) is 17.1 Å². The first kappa shape index (κ1) is 12.5. The quantitative estimate of drug-likeness (QED) is 0.703. The van der Waals surface area contributed by atoms with E-state index >= 15 is 0 Å². The van der Waals surface area contributed by atoms with Crippen molar-refractivity contribution in [1.29, 1.82) is 0 Å². The molecule has 1 fully saturated rings. The minimum atomic E-state index is -0.463. The molecule has 1 rings (SSSR count). The number of likely N-dealkylation sites (tertiary alicyclic amines) is 1. The van der Waals surface area contributed by atoms with Gasteiger partial charge in [0, 0.05) is 6.54 Å². The molecular weight excluding hydrogens is 192 g/mol. The first-order valence-corrected chi connectivity index (χ1v) is 5.75. The van der Waals surface area contributed by atoms with E-state index in [1.54, 1.807) is 6.92 Å². The van der Waals surface area contributed by atoms with E-state index in [4.69, 9.17) is 5.11 Å². The van der Waals surface area contributed by atoms with Crippen LogP contribution in [0, 0.1) is 5.92 Å². The molecule has 0 spiro atoms. The van der Waals surface area contributed by atoms with Crippen LogP contribution in [0.5, 0.6) is 0 Å². The van der Waals surface area contributed by atoms with Crippen LogP contribution < -0.4 is 5.32 Å². The van der Waals surface area contributed by atoms with E-state index in [9.17, 15) is 4.79 Å². The Bertz CT molecular complexity index is 199. The number of nitrogens with zero attached hydrogens (tertiary/aromatic N) is 1. The second kappa shape index (κ2) is 6.08. The summed E-state index contributed by atoms with van der Waals surface area (Å²) in [5.74, 6) is 0.812. The normalized spacial score (nSPS) is 21.3. The van der Waals surface area contributed by atoms with Crippen LogP contribution in [-0.2, 0) is 4.79 Å². The van der Waals surface area contributed by atoms with Gasteiger partial charge in [0.15, 0.2) is 0 Å². The molecule has 1 aliphatic rings. The SMILES string of the molecule is CC(O)CNC(=O)CN1CCC(C)CC1. The summed E-state index contributed by atoms with van der Waals surface area (Å²) in [6.07, 6.45) is 1.91. The smallest absolute Gasteiger partial charge is 0.234 e. The van der Waals surface area contributed by atoms with Gasteiger partial charge in [-0.3, -0.25) is 9.69 Å². The first-order chi connectivity index (χ1) is 7.08. The first-order valence-electron chi connectivity index (χ1n) is 5.75. The Hall–Kier alpha value is -0.610. The Kier molecular flexibility index (Phi) is 5.05. The van der Waals surface area contributed by atoms with E-state index in [-0.39, 0.29) is 5.91 Å². The Balaban J connectivity index is 2.15. The predicted molar refractivity (Wildman–Crippen MR) is 59.5 cm³/mol. The van der Waals surface area contributed by atoms with Crippen molar-refractivity contribution in [3.8, 4) is 0 Å². The third-order valence-corrected chi connectivity index (χ3v) is 2.84. The van der Waals surface area contributed by atoms with E-state index in [0.717, 1.165) is 19.0 Å². The number of carbonyl (C=O) groups is 1. The maximum absolute atomic E-state index is 11.4. The molecule has 1 atom stereocenters. The largest absolute Gasteiger partial charge is 0.392 e. The topological polar surface area (TPSA) is 52.6 Å². The lowest BCUT2D eigenvalue weighted by Gasteiger charge is -2.29. The number of hydrogen-bond donors (Lipinski definition) is 2. The van der Waals surface area contributed by atoms with Gasteiger partial charge in [0.05, 0.1) is 12.6 Å². The number of amides is 1. The van der Waals surface area contributed by atoms with Crippen molar-refractivity contribution in [3.63, 3.8) is 0 Å². The third-order valence-electron chi connectivity index (χ3n) is 2.84. The molecular formula is C11H22N2O2. The van der Waals surface area contributed by atoms with Crippen molar-refractivity contribution in [2.75, 3.05) is 26.2 Å². The van der Waals surface area contributed by atoms with Crippen molar-refractivity contribution >= 4 is 5.91 Å². The molecule has 0 saturated carbocycles. The number of aliphatic hydroxyl groups excluding tert-OH is 1. The second-order valence-corrected chi connectivity index (χ2v) is 4.61. The maximum atomic E-state index is 11.4. The molecule has 0 aromatic carbocycles. The van der Waals surface area contributed by atoms with Crippen molar-refractivity contribution in [2.45, 2.75) is 32.8 Å². The Morgan fingerprint density at radius 3 is 2.67 bits per heavy atom. The highest BCUT2D eigenvalue weighted by Crippen LogP contribution is 2.15. The summed E-state index contributed by atoms with van der Waals surface area (Å²) in [5.41, 5.74) is 0. The Morgan fingerprint density at radius 2 is 2.13 bits per heavy atom. The fraction of sp³-hybridized carbons (Fsp3) is 0.909. The zero-order valence-electron chi connectivity index (χ0n) is 9.70. The van der Waals surface area contributed by atoms with Gasteiger partial charge in [-0.1, -0.05) is 6.92 Å². The highest BCUT2D eigenvalue weighted by Gasteiger charge is 2.17. The summed E-state index contributed by atoms with van der Waals surface area (Å²) >= 11 is 0. The van der Waals surface area contributed by atoms with Gasteiger partial charge >= 0.3 is 0 Å². The molecule has 1 amide bonds. The third kappa shape index (κ3) is 5.14. The zero-order valence-corrected chi connectivity index (χ0v) is 9.70. The monoisotopic (exact) mass is 214 g/mol. The van der Waals surface area contributed by atoms with E-state index < -0.39 is 6.10 Å². The maximum Gasteiger partial charge on any atom is 0.234 e. The van der Waals surface area contributed by atoms with Gasteiger partial charge in [-0.05, 0) is 38.8 Å². The molecule has 0 aliphatic carbocycles. The fourth-order valence-corrected chi connectivity index (χ4v) is 1.74. The minimum absolute atomic E-state index is 0.0189. The molecule has 0 aromatic rings. The van der Waals surface area contributed by atoms with Crippen LogP contribution in [0.4, 0.5) is 0 Å². The van der Waals surface area contributed by atoms with Crippen molar-refractivity contribution < 1.29 is 9.90 Å². The molecule has 0 bridgehead atoms. The van der Waals surface area contributed by atoms with Crippen LogP contribution in [0.1, 0.15) is 26.7 Å². The van der Waals surface area contributed by atoms with Crippen LogP contribution in [-0.4, -0.2) is 48.2 Å². The average molecular weight is 214 g/mol. The fourth-order valence-electron chi connectivity index (χ4n) is 1.74. The van der Waals surface area contributed by atoms with Gasteiger partial charge in [-0.15, -0.1) is 0 Å². The number of piperidine rings is 1. The lowest BCUT2D eigenvalue weighted by atomic mass is 9.99. The molecule has 1 saturated heterocycles. The minimum Gasteiger partial charge on any atom is -0.392 e. The average Bonchev–Trinajstić information content (AvgIpc) is 2.19. The van der Waals surface area contributed by atoms with E-state index in [1.807, 2.05) is 0 Å². The number of rotatable bonds is 4. The molecule has 0 aromatic heterocycles. The number of nitrogens with one attached hydrogen (secondary N) is 1. The van der Waals surface area contributed by atoms with E-state index in [1.165, 1.54) is 12.8 Å². The molecule has 4 heteroatoms. The molecule has 15 heavy (non-hydrogen) atoms. The number of hydrogen-bond acceptors (Lipinski definition) is 3. The van der Waals surface area contributed by atoms with Crippen LogP contribution in [0.15, 0.2) is 0 Å². The van der Waals surface area contributed by atoms with Crippen LogP contribution >= 0.6 is 0 Å². The van der Waals surface area contributed by atoms with Gasteiger partial charge in [-0.25, -0.2) is 0 Å². The highest BCUT2D eigenvalue weighted by atomic mass is 16.3. The molecule has 88 valence electrons. The number of aliphatic hydroxyl groups is 1. The molecule has 2 N–H and O–H groups in total. The zero-order chi connectivity index (χ0) is 11.3. The Morgan fingerprint density at radius 1 is 1.53 bits per heavy atom. The molecule has 1 unspecified atom stereocenters. The predicted octanol–water partition coefficient (Wildman–Crippen LogP) is 0.215. The molecule has 4 nitrogen and oxygen atoms in total. The second-order valence-electron chi connectivity index (χ2n) is 4.61. The molecule has 1 aliphatic heterocycles. The van der Waals surface area contributed by atoms with E-state index in [0.29, 0.717) is 13.1 Å². The molecule has 1 heterocycles. The van der Waals surface area contributed by atoms with Gasteiger partial charge < -0.3 is 10.4 Å². The summed E-state index contributed by atoms with van der Waals surface area (Å²) in [5, 5.41) is 11.7. The van der Waals surface area contributed by atoms with Gasteiger partial charge in [-0.2, -0.15) is 0 Å². The van der Waals surface area contributed by atoms with Crippen molar-refractivity contribution in [2.24, 2.45) is 5.92 Å². The van der Waals surface area contributed by atoms with Crippen LogP contribution in [0.3, 0.4) is 0 Å². The van der Waals surface area contributed by atoms with Crippen molar-refractivity contribution in [3.05, 3.63) is 0 Å². The summed E-state index contributed by atoms with van der Waals surface area (Å²) in [7, 11) is 0. The lowest BCUT2D eigenvalue weighted by Crippen LogP contribution is -2.42. The van der Waals surface area contributed by atoms with Crippen LogP contribution in [0.2, 0.25) is 0 Å². The highest BCUT2D eigenvalue weighted by molar-refractivity contribution is 5.78. The summed E-state index contributed by atoms with van der Waals surface area (Å²) < 4.78 is 0. The van der Waals surface area contributed by atoms with Gasteiger partial charge in [0.2, 0.25) is 5.91 Å². The van der Waals surface area contributed by atoms with Crippen molar-refractivity contribution in [1.82, 2.24) is 10.2 Å².